The summed E-state index contributed by atoms with van der Waals surface area (Å²) >= 11 is 0. The zero-order valence-corrected chi connectivity index (χ0v) is 10.7. The average molecular weight is 310 g/mol. The molecule has 8 nitrogen and oxygen atoms in total. The van der Waals surface area contributed by atoms with Crippen molar-refractivity contribution in [2.75, 3.05) is 0 Å². The number of isocyanates is 2. The smallest absolute Gasteiger partial charge is 0.303 e. The maximum atomic E-state index is 9.47. The second kappa shape index (κ2) is 12.3. The van der Waals surface area contributed by atoms with E-state index in [4.69, 9.17) is 19.2 Å². The Morgan fingerprint density at radius 3 is 1.40 bits per heavy atom. The van der Waals surface area contributed by atoms with Crippen LogP contribution in [-0.4, -0.2) is 26.8 Å². The molecule has 0 aromatic rings. The van der Waals surface area contributed by atoms with Crippen molar-refractivity contribution in [3.05, 3.63) is 0 Å². The molecule has 0 aliphatic rings. The van der Waals surface area contributed by atoms with Gasteiger partial charge in [-0.15, -0.1) is 8.80 Å². The molecule has 0 aromatic carbocycles. The molecule has 0 rings (SSSR count). The third-order valence-corrected chi connectivity index (χ3v) is 4.79. The van der Waals surface area contributed by atoms with Gasteiger partial charge in [0.05, 0.1) is 22.0 Å². The maximum absolute atomic E-state index is 9.47. The summed E-state index contributed by atoms with van der Waals surface area (Å²) in [5.41, 5.74) is 0. The fourth-order valence-corrected chi connectivity index (χ4v) is 3.11. The number of hydrogen-bond acceptors (Lipinski definition) is 9. The molecule has 0 atom stereocenters. The number of phosphoric acid groups is 1. The fourth-order valence-electron chi connectivity index (χ4n) is 0.0857. The first-order valence-electron chi connectivity index (χ1n) is 2.50. The zero-order valence-electron chi connectivity index (χ0n) is 6.54. The molecule has 0 saturated heterocycles. The first-order valence-corrected chi connectivity index (χ1v) is 8.80. The van der Waals surface area contributed by atoms with Gasteiger partial charge in [0, 0.05) is 19.7 Å². The summed E-state index contributed by atoms with van der Waals surface area (Å²) in [4.78, 5) is 40.5. The number of carbonyl (C=O) groups excluding carboxylic acids is 2. The van der Waals surface area contributed by atoms with Gasteiger partial charge in [0.15, 0.2) is 0 Å². The summed E-state index contributed by atoms with van der Waals surface area (Å²) in [6.07, 6.45) is 2.69. The molecule has 0 bridgehead atoms. The Hall–Kier alpha value is 0.270. The lowest BCUT2D eigenvalue weighted by Gasteiger charge is -1.82. The van der Waals surface area contributed by atoms with Gasteiger partial charge in [-0.2, -0.15) is 0 Å². The number of rotatable bonds is 5. The highest BCUT2D eigenvalue weighted by Gasteiger charge is 2.00. The molecular formula is C2H3N2O6PS4. The van der Waals surface area contributed by atoms with E-state index < -0.39 is 7.82 Å². The van der Waals surface area contributed by atoms with E-state index in [1.54, 1.807) is 0 Å². The van der Waals surface area contributed by atoms with Crippen molar-refractivity contribution in [3.8, 4) is 0 Å². The van der Waals surface area contributed by atoms with Gasteiger partial charge in [0.1, 0.15) is 0 Å². The summed E-state index contributed by atoms with van der Waals surface area (Å²) in [6.45, 7) is 0. The molecule has 0 spiro atoms. The van der Waals surface area contributed by atoms with Crippen LogP contribution < -0.4 is 0 Å². The lowest BCUT2D eigenvalue weighted by atomic mass is 11.7. The molecule has 0 aromatic heterocycles. The molecule has 0 unspecified atom stereocenters. The third kappa shape index (κ3) is 40.6. The largest absolute Gasteiger partial charge is 0.466 e. The summed E-state index contributed by atoms with van der Waals surface area (Å²) in [6, 6.07) is 0. The van der Waals surface area contributed by atoms with Crippen LogP contribution in [0.5, 0.6) is 0 Å². The minimum Gasteiger partial charge on any atom is -0.303 e. The standard InChI is InChI=1S/C2N2O2S4.H3O4P/c5-1-3-7-9-10-8-4-2-6;1-5(2,3)4/h;(H3,1,2,3,4). The highest BCUT2D eigenvalue weighted by Crippen LogP contribution is 2.43. The van der Waals surface area contributed by atoms with E-state index in [0.29, 0.717) is 0 Å². The topological polar surface area (TPSA) is 137 Å². The molecule has 0 fully saturated rings. The highest BCUT2D eigenvalue weighted by molar-refractivity contribution is 9.25. The van der Waals surface area contributed by atoms with E-state index in [9.17, 15) is 9.59 Å². The van der Waals surface area contributed by atoms with E-state index in [1.165, 1.54) is 31.8 Å². The lowest BCUT2D eigenvalue weighted by Crippen LogP contribution is -1.66. The van der Waals surface area contributed by atoms with Crippen molar-refractivity contribution >= 4 is 61.6 Å². The SMILES string of the molecule is O=C=NSSSSN=C=O.O=P(O)(O)O. The van der Waals surface area contributed by atoms with Crippen LogP contribution in [-0.2, 0) is 14.2 Å². The molecule has 0 aliphatic carbocycles. The highest BCUT2D eigenvalue weighted by atomic mass is 33.7. The predicted octanol–water partition coefficient (Wildman–Crippen LogP) is 1.24. The van der Waals surface area contributed by atoms with Gasteiger partial charge in [0.25, 0.3) is 0 Å². The van der Waals surface area contributed by atoms with Gasteiger partial charge < -0.3 is 14.7 Å². The molecule has 0 amide bonds. The molecular weight excluding hydrogens is 307 g/mol. The Balaban J connectivity index is 0. The lowest BCUT2D eigenvalue weighted by molar-refractivity contribution is 0.275. The van der Waals surface area contributed by atoms with Crippen molar-refractivity contribution in [3.63, 3.8) is 0 Å². The Bertz CT molecular complexity index is 265. The minimum atomic E-state index is -4.64. The van der Waals surface area contributed by atoms with E-state index in [0.717, 1.165) is 22.0 Å². The van der Waals surface area contributed by atoms with Crippen LogP contribution >= 0.6 is 49.4 Å². The van der Waals surface area contributed by atoms with Crippen molar-refractivity contribution in [2.45, 2.75) is 0 Å². The van der Waals surface area contributed by atoms with E-state index in [-0.39, 0.29) is 0 Å². The quantitative estimate of drug-likeness (QED) is 0.170. The minimum absolute atomic E-state index is 0.974. The molecule has 3 N–H and O–H groups in total. The normalized spacial score (nSPS) is 9.00. The summed E-state index contributed by atoms with van der Waals surface area (Å²) < 4.78 is 15.2. The van der Waals surface area contributed by atoms with Gasteiger partial charge in [0.2, 0.25) is 12.2 Å². The van der Waals surface area contributed by atoms with Crippen LogP contribution in [0.4, 0.5) is 0 Å². The third-order valence-electron chi connectivity index (χ3n) is 0.238. The first-order chi connectivity index (χ1) is 6.91. The fraction of sp³-hybridized carbons (Fsp3) is 0. The Labute approximate surface area is 99.1 Å². The summed E-state index contributed by atoms with van der Waals surface area (Å²) in [5.74, 6) is 0. The van der Waals surface area contributed by atoms with Crippen LogP contribution in [0.3, 0.4) is 0 Å². The molecule has 0 aliphatic heterocycles. The first kappa shape index (κ1) is 17.7. The van der Waals surface area contributed by atoms with Crippen LogP contribution in [0.2, 0.25) is 0 Å². The monoisotopic (exact) mass is 310 g/mol. The van der Waals surface area contributed by atoms with Crippen LogP contribution in [0, 0.1) is 0 Å². The summed E-state index contributed by atoms with van der Waals surface area (Å²) in [7, 11) is -0.266. The Morgan fingerprint density at radius 2 is 1.20 bits per heavy atom. The van der Waals surface area contributed by atoms with E-state index in [2.05, 4.69) is 8.80 Å². The molecule has 13 heteroatoms. The molecule has 0 radical (unpaired) electrons. The molecule has 0 saturated carbocycles. The average Bonchev–Trinajstić information content (AvgIpc) is 2.08. The zero-order chi connectivity index (χ0) is 12.2. The van der Waals surface area contributed by atoms with Crippen LogP contribution in [0.25, 0.3) is 0 Å². The van der Waals surface area contributed by atoms with Gasteiger partial charge in [-0.25, -0.2) is 14.2 Å². The van der Waals surface area contributed by atoms with E-state index in [1.807, 2.05) is 0 Å². The summed E-state index contributed by atoms with van der Waals surface area (Å²) in [5, 5.41) is 0. The molecule has 0 heterocycles. The second-order valence-electron chi connectivity index (χ2n) is 1.16. The van der Waals surface area contributed by atoms with Crippen LogP contribution in [0.15, 0.2) is 8.80 Å². The Morgan fingerprint density at radius 1 is 0.933 bits per heavy atom. The Kier molecular flexibility index (Phi) is 14.5. The molecule has 15 heavy (non-hydrogen) atoms. The van der Waals surface area contributed by atoms with Crippen molar-refractivity contribution < 1.29 is 28.8 Å². The van der Waals surface area contributed by atoms with Crippen molar-refractivity contribution in [1.29, 1.82) is 0 Å². The van der Waals surface area contributed by atoms with Gasteiger partial charge in [-0.05, 0) is 0 Å². The maximum Gasteiger partial charge on any atom is 0.466 e. The second-order valence-corrected chi connectivity index (χ2v) is 7.29. The van der Waals surface area contributed by atoms with Gasteiger partial charge in [-0.3, -0.25) is 0 Å². The van der Waals surface area contributed by atoms with Gasteiger partial charge in [-0.1, -0.05) is 0 Å². The molecule has 86 valence electrons. The van der Waals surface area contributed by atoms with Gasteiger partial charge >= 0.3 is 7.82 Å². The van der Waals surface area contributed by atoms with Crippen molar-refractivity contribution in [2.24, 2.45) is 8.80 Å². The predicted molar refractivity (Wildman–Crippen MR) is 60.9 cm³/mol. The van der Waals surface area contributed by atoms with Crippen LogP contribution in [0.1, 0.15) is 0 Å². The van der Waals surface area contributed by atoms with Crippen molar-refractivity contribution in [1.82, 2.24) is 0 Å². The van der Waals surface area contributed by atoms with E-state index >= 15 is 0 Å². The number of hydrogen-bond donors (Lipinski definition) is 3. The number of nitrogens with zero attached hydrogens (tertiary/aromatic N) is 2.